The molecule has 0 saturated heterocycles. The number of hydrogen-bond donors (Lipinski definition) is 1. The number of nitrogens with zero attached hydrogens (tertiary/aromatic N) is 1. The van der Waals surface area contributed by atoms with Gasteiger partial charge >= 0.3 is 0 Å². The second-order valence-corrected chi connectivity index (χ2v) is 5.52. The lowest BCUT2D eigenvalue weighted by molar-refractivity contribution is 0.185. The Bertz CT molecular complexity index is 454. The van der Waals surface area contributed by atoms with Crippen LogP contribution in [0, 0.1) is 16.4 Å². The number of hydrazone groups is 1. The van der Waals surface area contributed by atoms with Crippen LogP contribution in [0.15, 0.2) is 23.3 Å². The molecule has 16 heavy (non-hydrogen) atoms. The summed E-state index contributed by atoms with van der Waals surface area (Å²) < 4.78 is 7.07. The van der Waals surface area contributed by atoms with Gasteiger partial charge in [0.1, 0.15) is 0 Å². The van der Waals surface area contributed by atoms with E-state index in [1.807, 2.05) is 0 Å². The van der Waals surface area contributed by atoms with Gasteiger partial charge < -0.3 is 4.74 Å². The number of aryl methyl sites for hydroxylation is 1. The number of rotatable bonds is 2. The topological polar surface area (TPSA) is 33.6 Å². The molecule has 1 fully saturated rings. The first-order valence-corrected chi connectivity index (χ1v) is 6.58. The summed E-state index contributed by atoms with van der Waals surface area (Å²) in [6.45, 7) is 2.11. The predicted molar refractivity (Wildman–Crippen MR) is 71.0 cm³/mol. The van der Waals surface area contributed by atoms with E-state index in [-0.39, 0.29) is 6.23 Å². The largest absolute Gasteiger partial charge is 0.450 e. The fraction of sp³-hybridized carbons (Fsp3) is 0.417. The quantitative estimate of drug-likeness (QED) is 0.847. The average molecular weight is 328 g/mol. The third-order valence-electron chi connectivity index (χ3n) is 2.96. The number of nitrogens with one attached hydrogen (secondary N) is 1. The molecule has 3 nitrogen and oxygen atoms in total. The van der Waals surface area contributed by atoms with Crippen LogP contribution < -0.4 is 5.43 Å². The van der Waals surface area contributed by atoms with Crippen molar-refractivity contribution in [2.24, 2.45) is 11.0 Å². The molecule has 0 spiro atoms. The van der Waals surface area contributed by atoms with E-state index < -0.39 is 0 Å². The fourth-order valence-electron chi connectivity index (χ4n) is 1.73. The maximum absolute atomic E-state index is 5.80. The summed E-state index contributed by atoms with van der Waals surface area (Å²) >= 11 is 2.35. The second-order valence-electron chi connectivity index (χ2n) is 4.36. The zero-order valence-electron chi connectivity index (χ0n) is 9.03. The first-order chi connectivity index (χ1) is 7.74. The lowest BCUT2D eigenvalue weighted by atomic mass is 10.1. The molecule has 1 heterocycles. The Morgan fingerprint density at radius 3 is 2.94 bits per heavy atom. The summed E-state index contributed by atoms with van der Waals surface area (Å²) in [7, 11) is 0. The molecule has 1 aromatic carbocycles. The van der Waals surface area contributed by atoms with Crippen molar-refractivity contribution < 1.29 is 4.74 Å². The number of ether oxygens (including phenoxy) is 1. The first kappa shape index (κ1) is 10.4. The summed E-state index contributed by atoms with van der Waals surface area (Å²) in [5.74, 6) is 1.46. The molecule has 3 rings (SSSR count). The Balaban J connectivity index is 1.76. The summed E-state index contributed by atoms with van der Waals surface area (Å²) in [4.78, 5) is 0. The van der Waals surface area contributed by atoms with Crippen molar-refractivity contribution in [3.05, 3.63) is 32.9 Å². The van der Waals surface area contributed by atoms with E-state index in [1.54, 1.807) is 0 Å². The van der Waals surface area contributed by atoms with Gasteiger partial charge in [-0.15, -0.1) is 5.10 Å². The van der Waals surface area contributed by atoms with Crippen molar-refractivity contribution in [1.82, 2.24) is 5.43 Å². The van der Waals surface area contributed by atoms with E-state index in [0.717, 1.165) is 11.5 Å². The van der Waals surface area contributed by atoms with Crippen LogP contribution in [0.4, 0.5) is 0 Å². The molecule has 2 aliphatic rings. The van der Waals surface area contributed by atoms with Crippen LogP contribution in [-0.4, -0.2) is 5.90 Å². The highest BCUT2D eigenvalue weighted by molar-refractivity contribution is 14.1. The average Bonchev–Trinajstić information content (AvgIpc) is 3.01. The molecule has 4 heteroatoms. The molecule has 1 aromatic rings. The minimum absolute atomic E-state index is 0.0929. The summed E-state index contributed by atoms with van der Waals surface area (Å²) in [6.07, 6.45) is 2.35. The van der Waals surface area contributed by atoms with Gasteiger partial charge in [0, 0.05) is 15.1 Å². The highest BCUT2D eigenvalue weighted by atomic mass is 127. The lowest BCUT2D eigenvalue weighted by Gasteiger charge is -2.12. The Hall–Kier alpha value is -0.780. The second kappa shape index (κ2) is 3.91. The smallest absolute Gasteiger partial charge is 0.212 e. The van der Waals surface area contributed by atoms with Crippen molar-refractivity contribution in [2.45, 2.75) is 26.0 Å². The standard InChI is InChI=1S/C12H13IN2O/c1-7-2-3-9(6-10(7)13)12-15-14-11(16-12)8-4-5-8/h2-3,6,8,12,15H,4-5H2,1H3. The van der Waals surface area contributed by atoms with Crippen LogP contribution in [0.5, 0.6) is 0 Å². The van der Waals surface area contributed by atoms with Crippen molar-refractivity contribution in [2.75, 3.05) is 0 Å². The Labute approximate surface area is 108 Å². The molecular formula is C12H13IN2O. The van der Waals surface area contributed by atoms with Crippen LogP contribution in [0.2, 0.25) is 0 Å². The van der Waals surface area contributed by atoms with E-state index in [9.17, 15) is 0 Å². The van der Waals surface area contributed by atoms with E-state index in [1.165, 1.54) is 22.0 Å². The van der Waals surface area contributed by atoms with Crippen LogP contribution >= 0.6 is 22.6 Å². The van der Waals surface area contributed by atoms with E-state index in [0.29, 0.717) is 5.92 Å². The van der Waals surface area contributed by atoms with Gasteiger partial charge in [0.25, 0.3) is 0 Å². The minimum Gasteiger partial charge on any atom is -0.450 e. The summed E-state index contributed by atoms with van der Waals surface area (Å²) in [5, 5.41) is 4.25. The molecule has 0 aromatic heterocycles. The monoisotopic (exact) mass is 328 g/mol. The molecular weight excluding hydrogens is 315 g/mol. The van der Waals surface area contributed by atoms with Crippen molar-refractivity contribution in [3.8, 4) is 0 Å². The predicted octanol–water partition coefficient (Wildman–Crippen LogP) is 2.94. The number of halogens is 1. The Morgan fingerprint density at radius 2 is 2.25 bits per heavy atom. The van der Waals surface area contributed by atoms with E-state index >= 15 is 0 Å². The molecule has 1 saturated carbocycles. The molecule has 0 radical (unpaired) electrons. The molecule has 1 unspecified atom stereocenters. The summed E-state index contributed by atoms with van der Waals surface area (Å²) in [5.41, 5.74) is 5.50. The van der Waals surface area contributed by atoms with Crippen molar-refractivity contribution in [1.29, 1.82) is 0 Å². The third-order valence-corrected chi connectivity index (χ3v) is 4.12. The maximum atomic E-state index is 5.80. The molecule has 0 bridgehead atoms. The van der Waals surface area contributed by atoms with Gasteiger partial charge in [-0.2, -0.15) is 0 Å². The number of benzene rings is 1. The van der Waals surface area contributed by atoms with Crippen molar-refractivity contribution >= 4 is 28.5 Å². The van der Waals surface area contributed by atoms with Gasteiger partial charge in [0.2, 0.25) is 12.1 Å². The van der Waals surface area contributed by atoms with Gasteiger partial charge in [-0.1, -0.05) is 12.1 Å². The highest BCUT2D eigenvalue weighted by Gasteiger charge is 2.34. The van der Waals surface area contributed by atoms with Crippen molar-refractivity contribution in [3.63, 3.8) is 0 Å². The van der Waals surface area contributed by atoms with Gasteiger partial charge in [-0.25, -0.2) is 0 Å². The normalized spacial score (nSPS) is 23.6. The lowest BCUT2D eigenvalue weighted by Crippen LogP contribution is -2.13. The summed E-state index contributed by atoms with van der Waals surface area (Å²) in [6, 6.07) is 6.37. The molecule has 84 valence electrons. The van der Waals surface area contributed by atoms with Gasteiger partial charge in [-0.3, -0.25) is 5.43 Å². The fourth-order valence-corrected chi connectivity index (χ4v) is 2.27. The molecule has 1 N–H and O–H groups in total. The Kier molecular flexibility index (Phi) is 2.53. The van der Waals surface area contributed by atoms with E-state index in [4.69, 9.17) is 4.74 Å². The van der Waals surface area contributed by atoms with Gasteiger partial charge in [-0.05, 0) is 54.0 Å². The van der Waals surface area contributed by atoms with Crippen LogP contribution in [0.1, 0.15) is 30.2 Å². The van der Waals surface area contributed by atoms with Crippen LogP contribution in [-0.2, 0) is 4.74 Å². The van der Waals surface area contributed by atoms with Crippen LogP contribution in [0.25, 0.3) is 0 Å². The molecule has 1 aliphatic carbocycles. The Morgan fingerprint density at radius 1 is 1.44 bits per heavy atom. The highest BCUT2D eigenvalue weighted by Crippen LogP contribution is 2.35. The third kappa shape index (κ3) is 1.90. The first-order valence-electron chi connectivity index (χ1n) is 5.50. The molecule has 0 amide bonds. The maximum Gasteiger partial charge on any atom is 0.212 e. The zero-order valence-corrected chi connectivity index (χ0v) is 11.2. The van der Waals surface area contributed by atoms with Gasteiger partial charge in [0.05, 0.1) is 0 Å². The zero-order chi connectivity index (χ0) is 11.1. The number of hydrogen-bond acceptors (Lipinski definition) is 3. The molecule has 1 atom stereocenters. The van der Waals surface area contributed by atoms with Gasteiger partial charge in [0.15, 0.2) is 0 Å². The SMILES string of the molecule is Cc1ccc(C2NN=C(C3CC3)O2)cc1I. The van der Waals surface area contributed by atoms with E-state index in [2.05, 4.69) is 58.2 Å². The molecule has 1 aliphatic heterocycles. The minimum atomic E-state index is -0.0929. The van der Waals surface area contributed by atoms with Crippen LogP contribution in [0.3, 0.4) is 0 Å².